The second kappa shape index (κ2) is 9.07. The number of benzene rings is 2. The lowest BCUT2D eigenvalue weighted by molar-refractivity contribution is -0.133. The third-order valence-electron chi connectivity index (χ3n) is 5.34. The number of amides is 2. The zero-order valence-corrected chi connectivity index (χ0v) is 17.8. The Kier molecular flexibility index (Phi) is 6.26. The van der Waals surface area contributed by atoms with Crippen molar-refractivity contribution >= 4 is 51.9 Å². The molecule has 7 nitrogen and oxygen atoms in total. The van der Waals surface area contributed by atoms with Crippen molar-refractivity contribution in [1.82, 2.24) is 14.1 Å². The lowest BCUT2D eigenvalue weighted by Crippen LogP contribution is -2.63. The van der Waals surface area contributed by atoms with Crippen LogP contribution in [0.4, 0.5) is 5.69 Å². The van der Waals surface area contributed by atoms with Crippen molar-refractivity contribution in [2.75, 3.05) is 24.0 Å². The number of carbonyl (C=O) groups is 2. The Labute approximate surface area is 183 Å². The lowest BCUT2D eigenvalue weighted by Gasteiger charge is -2.44. The van der Waals surface area contributed by atoms with Crippen molar-refractivity contribution in [2.24, 2.45) is 0 Å². The highest BCUT2D eigenvalue weighted by molar-refractivity contribution is 7.00. The average molecular weight is 445 g/mol. The maximum atomic E-state index is 13.6. The van der Waals surface area contributed by atoms with Gasteiger partial charge in [-0.05, 0) is 17.7 Å². The molecule has 0 aliphatic carbocycles. The minimum Gasteiger partial charge on any atom is -0.381 e. The van der Waals surface area contributed by atoms with Crippen LogP contribution in [-0.4, -0.2) is 45.2 Å². The van der Waals surface area contributed by atoms with E-state index in [2.05, 4.69) is 14.1 Å². The summed E-state index contributed by atoms with van der Waals surface area (Å²) in [7, 11) is 0. The summed E-state index contributed by atoms with van der Waals surface area (Å²) < 4.78 is 14.2. The molecule has 1 aliphatic heterocycles. The molecule has 1 N–H and O–H groups in total. The molecule has 9 heteroatoms. The third kappa shape index (κ3) is 3.90. The van der Waals surface area contributed by atoms with Crippen LogP contribution in [0.3, 0.4) is 0 Å². The van der Waals surface area contributed by atoms with Gasteiger partial charge in [0, 0.05) is 32.6 Å². The number of nitrogens with zero attached hydrogens (tertiary/aromatic N) is 3. The lowest BCUT2D eigenvalue weighted by atomic mass is 9.85. The van der Waals surface area contributed by atoms with E-state index in [4.69, 9.17) is 16.3 Å². The molecule has 2 amide bonds. The fourth-order valence-electron chi connectivity index (χ4n) is 3.84. The largest absolute Gasteiger partial charge is 0.381 e. The molecule has 1 aliphatic rings. The van der Waals surface area contributed by atoms with Gasteiger partial charge in [0.25, 0.3) is 0 Å². The van der Waals surface area contributed by atoms with E-state index >= 15 is 0 Å². The van der Waals surface area contributed by atoms with Crippen LogP contribution in [0.5, 0.6) is 0 Å². The van der Waals surface area contributed by atoms with Gasteiger partial charge in [0.05, 0.1) is 17.4 Å². The van der Waals surface area contributed by atoms with Crippen molar-refractivity contribution in [2.45, 2.75) is 24.9 Å². The van der Waals surface area contributed by atoms with Gasteiger partial charge in [0.15, 0.2) is 0 Å². The van der Waals surface area contributed by atoms with Crippen LogP contribution in [0.1, 0.15) is 18.4 Å². The van der Waals surface area contributed by atoms with Gasteiger partial charge in [-0.25, -0.2) is 0 Å². The van der Waals surface area contributed by atoms with Crippen molar-refractivity contribution in [3.8, 4) is 0 Å². The first-order valence-corrected chi connectivity index (χ1v) is 10.9. The van der Waals surface area contributed by atoms with E-state index in [9.17, 15) is 9.59 Å². The summed E-state index contributed by atoms with van der Waals surface area (Å²) in [5.41, 5.74) is 1.67. The molecule has 2 aromatic carbocycles. The van der Waals surface area contributed by atoms with E-state index < -0.39 is 5.54 Å². The molecule has 1 fully saturated rings. The van der Waals surface area contributed by atoms with Crippen molar-refractivity contribution in [3.05, 3.63) is 54.1 Å². The maximum absolute atomic E-state index is 13.6. The van der Waals surface area contributed by atoms with Gasteiger partial charge in [0.1, 0.15) is 22.5 Å². The number of rotatable bonds is 6. The Morgan fingerprint density at radius 3 is 2.60 bits per heavy atom. The Balaban J connectivity index is 1.74. The number of hydrogen-bond acceptors (Lipinski definition) is 6. The van der Waals surface area contributed by atoms with Gasteiger partial charge in [-0.2, -0.15) is 8.75 Å². The molecule has 3 aromatic rings. The van der Waals surface area contributed by atoms with Gasteiger partial charge in [-0.1, -0.05) is 36.4 Å². The highest BCUT2D eigenvalue weighted by Gasteiger charge is 2.48. The van der Waals surface area contributed by atoms with Gasteiger partial charge in [0.2, 0.25) is 11.8 Å². The van der Waals surface area contributed by atoms with Crippen LogP contribution in [0.2, 0.25) is 0 Å². The molecule has 0 saturated carbocycles. The van der Waals surface area contributed by atoms with E-state index in [0.29, 0.717) is 49.3 Å². The average Bonchev–Trinajstić information content (AvgIpc) is 3.28. The van der Waals surface area contributed by atoms with Crippen molar-refractivity contribution < 1.29 is 14.3 Å². The standard InChI is InChI=1S/C21H21ClN4O3S/c22-13-18(27)26(17-8-4-7-16-19(17)25-30-24-16)21(9-11-29-12-10-21)20(28)23-14-15-5-2-1-3-6-15/h1-8H,9-14H2,(H,23,28). The minimum atomic E-state index is -1.11. The van der Waals surface area contributed by atoms with Crippen LogP contribution in [0.25, 0.3) is 11.0 Å². The van der Waals surface area contributed by atoms with Crippen LogP contribution >= 0.6 is 23.3 Å². The van der Waals surface area contributed by atoms with E-state index in [1.165, 1.54) is 4.90 Å². The maximum Gasteiger partial charge on any atom is 0.246 e. The van der Waals surface area contributed by atoms with Gasteiger partial charge < -0.3 is 10.1 Å². The number of halogens is 1. The van der Waals surface area contributed by atoms with Crippen LogP contribution in [0, 0.1) is 0 Å². The zero-order chi connectivity index (χ0) is 21.0. The fraction of sp³-hybridized carbons (Fsp3) is 0.333. The molecular weight excluding hydrogens is 424 g/mol. The zero-order valence-electron chi connectivity index (χ0n) is 16.2. The molecule has 0 bridgehead atoms. The van der Waals surface area contributed by atoms with Gasteiger partial charge in [-0.15, -0.1) is 11.6 Å². The number of nitrogens with one attached hydrogen (secondary N) is 1. The minimum absolute atomic E-state index is 0.228. The Morgan fingerprint density at radius 2 is 1.87 bits per heavy atom. The Hall–Kier alpha value is -2.55. The number of anilines is 1. The number of fused-ring (bicyclic) bond motifs is 1. The monoisotopic (exact) mass is 444 g/mol. The summed E-state index contributed by atoms with van der Waals surface area (Å²) in [4.78, 5) is 28.2. The third-order valence-corrected chi connectivity index (χ3v) is 6.11. The van der Waals surface area contributed by atoms with Crippen molar-refractivity contribution in [1.29, 1.82) is 0 Å². The first-order chi connectivity index (χ1) is 14.7. The summed E-state index contributed by atoms with van der Waals surface area (Å²) in [5.74, 6) is -0.829. The van der Waals surface area contributed by atoms with Crippen molar-refractivity contribution in [3.63, 3.8) is 0 Å². The number of carbonyl (C=O) groups excluding carboxylic acids is 2. The normalized spacial score (nSPS) is 15.6. The number of aromatic nitrogens is 2. The number of ether oxygens (including phenoxy) is 1. The summed E-state index contributed by atoms with van der Waals surface area (Å²) >= 11 is 7.06. The number of alkyl halides is 1. The smallest absolute Gasteiger partial charge is 0.246 e. The summed E-state index contributed by atoms with van der Waals surface area (Å²) in [6, 6.07) is 15.1. The second-order valence-corrected chi connectivity index (χ2v) is 7.88. The van der Waals surface area contributed by atoms with E-state index in [1.807, 2.05) is 42.5 Å². The molecule has 30 heavy (non-hydrogen) atoms. The molecular formula is C21H21ClN4O3S. The molecule has 0 unspecified atom stereocenters. The second-order valence-electron chi connectivity index (χ2n) is 7.08. The number of hydrogen-bond donors (Lipinski definition) is 1. The summed E-state index contributed by atoms with van der Waals surface area (Å²) in [5, 5.41) is 3.02. The molecule has 0 spiro atoms. The molecule has 4 rings (SSSR count). The molecule has 2 heterocycles. The van der Waals surface area contributed by atoms with E-state index in [0.717, 1.165) is 17.3 Å². The summed E-state index contributed by atoms with van der Waals surface area (Å²) in [6.07, 6.45) is 0.731. The van der Waals surface area contributed by atoms with Crippen LogP contribution < -0.4 is 10.2 Å². The topological polar surface area (TPSA) is 84.4 Å². The first kappa shape index (κ1) is 20.7. The molecule has 0 radical (unpaired) electrons. The highest BCUT2D eigenvalue weighted by Crippen LogP contribution is 2.37. The summed E-state index contributed by atoms with van der Waals surface area (Å²) in [6.45, 7) is 1.11. The van der Waals surface area contributed by atoms with E-state index in [1.54, 1.807) is 6.07 Å². The quantitative estimate of drug-likeness (QED) is 0.590. The van der Waals surface area contributed by atoms with E-state index in [-0.39, 0.29) is 17.7 Å². The Bertz CT molecular complexity index is 1040. The molecule has 1 aromatic heterocycles. The fourth-order valence-corrected chi connectivity index (χ4v) is 4.50. The molecule has 0 atom stereocenters. The highest BCUT2D eigenvalue weighted by atomic mass is 35.5. The SMILES string of the molecule is O=C(CCl)N(c1cccc2nsnc12)C1(C(=O)NCc2ccccc2)CCOCC1. The van der Waals surface area contributed by atoms with Gasteiger partial charge in [-0.3, -0.25) is 14.5 Å². The van der Waals surface area contributed by atoms with Gasteiger partial charge >= 0.3 is 0 Å². The predicted octanol–water partition coefficient (Wildman–Crippen LogP) is 3.13. The Morgan fingerprint density at radius 1 is 1.10 bits per heavy atom. The predicted molar refractivity (Wildman–Crippen MR) is 117 cm³/mol. The first-order valence-electron chi connectivity index (χ1n) is 9.66. The molecule has 1 saturated heterocycles. The van der Waals surface area contributed by atoms with Crippen LogP contribution in [0.15, 0.2) is 48.5 Å². The molecule has 156 valence electrons. The van der Waals surface area contributed by atoms with Crippen LogP contribution in [-0.2, 0) is 20.9 Å².